The van der Waals surface area contributed by atoms with E-state index in [-0.39, 0.29) is 18.0 Å². The maximum Gasteiger partial charge on any atom is 0.252 e. The van der Waals surface area contributed by atoms with Crippen molar-refractivity contribution in [3.05, 3.63) is 53.0 Å². The first-order valence-corrected chi connectivity index (χ1v) is 6.96. The minimum Gasteiger partial charge on any atom is -0.392 e. The minimum atomic E-state index is -1.32. The lowest BCUT2D eigenvalue weighted by Gasteiger charge is -2.34. The number of hydrogen-bond donors (Lipinski definition) is 6. The van der Waals surface area contributed by atoms with Gasteiger partial charge in [-0.15, -0.1) is 0 Å². The first kappa shape index (κ1) is 15.9. The Labute approximate surface area is 128 Å². The second-order valence-corrected chi connectivity index (χ2v) is 5.08. The number of anilines is 1. The molecule has 0 bridgehead atoms. The summed E-state index contributed by atoms with van der Waals surface area (Å²) in [5.41, 5.74) is 18.7. The molecule has 1 atom stereocenters. The summed E-state index contributed by atoms with van der Waals surface area (Å²) in [6.45, 7) is 1.90. The fourth-order valence-electron chi connectivity index (χ4n) is 2.62. The Bertz CT molecular complexity index is 653. The zero-order valence-electron chi connectivity index (χ0n) is 12.4. The first-order valence-electron chi connectivity index (χ1n) is 6.96. The average molecular weight is 303 g/mol. The molecule has 118 valence electrons. The van der Waals surface area contributed by atoms with Crippen molar-refractivity contribution in [3.63, 3.8) is 0 Å². The van der Waals surface area contributed by atoms with E-state index in [0.29, 0.717) is 6.42 Å². The molecule has 2 rings (SSSR count). The SMILES string of the molecule is CCc1c(CO)cccc1NC1(N)C=CNC(N)=C1C(N)=O. The molecule has 1 aliphatic heterocycles. The Morgan fingerprint density at radius 3 is 2.77 bits per heavy atom. The largest absolute Gasteiger partial charge is 0.392 e. The van der Waals surface area contributed by atoms with Crippen LogP contribution >= 0.6 is 0 Å². The third-order valence-corrected chi connectivity index (χ3v) is 3.65. The third-order valence-electron chi connectivity index (χ3n) is 3.65. The smallest absolute Gasteiger partial charge is 0.252 e. The highest BCUT2D eigenvalue weighted by atomic mass is 16.3. The highest BCUT2D eigenvalue weighted by Gasteiger charge is 2.35. The number of nitrogens with one attached hydrogen (secondary N) is 2. The Hall–Kier alpha value is -2.51. The molecule has 1 aromatic carbocycles. The summed E-state index contributed by atoms with van der Waals surface area (Å²) in [5.74, 6) is -0.595. The molecule has 7 nitrogen and oxygen atoms in total. The van der Waals surface area contributed by atoms with Crippen molar-refractivity contribution in [1.29, 1.82) is 0 Å². The first-order chi connectivity index (χ1) is 10.4. The number of dihydropyridines is 1. The van der Waals surface area contributed by atoms with Gasteiger partial charge in [0.05, 0.1) is 6.61 Å². The van der Waals surface area contributed by atoms with Gasteiger partial charge in [-0.1, -0.05) is 19.1 Å². The van der Waals surface area contributed by atoms with E-state index >= 15 is 0 Å². The molecular weight excluding hydrogens is 282 g/mol. The number of hydrogen-bond acceptors (Lipinski definition) is 6. The maximum absolute atomic E-state index is 11.7. The molecule has 7 heteroatoms. The van der Waals surface area contributed by atoms with Gasteiger partial charge < -0.3 is 32.9 Å². The zero-order valence-corrected chi connectivity index (χ0v) is 12.4. The van der Waals surface area contributed by atoms with Crippen molar-refractivity contribution < 1.29 is 9.90 Å². The molecule has 0 saturated heterocycles. The molecule has 0 aliphatic carbocycles. The number of primary amides is 1. The molecule has 1 aromatic rings. The van der Waals surface area contributed by atoms with Crippen molar-refractivity contribution in [1.82, 2.24) is 5.32 Å². The topological polar surface area (TPSA) is 139 Å². The number of benzene rings is 1. The molecule has 1 amide bonds. The van der Waals surface area contributed by atoms with Gasteiger partial charge in [0.25, 0.3) is 5.91 Å². The number of amides is 1. The van der Waals surface area contributed by atoms with Crippen LogP contribution in [0.1, 0.15) is 18.1 Å². The van der Waals surface area contributed by atoms with E-state index < -0.39 is 11.6 Å². The van der Waals surface area contributed by atoms with Crippen molar-refractivity contribution in [2.75, 3.05) is 5.32 Å². The molecule has 0 saturated carbocycles. The Balaban J connectivity index is 2.47. The summed E-state index contributed by atoms with van der Waals surface area (Å²) in [6, 6.07) is 5.47. The third kappa shape index (κ3) is 2.76. The van der Waals surface area contributed by atoms with Crippen LogP contribution in [0.2, 0.25) is 0 Å². The molecule has 1 heterocycles. The van der Waals surface area contributed by atoms with Crippen LogP contribution in [0, 0.1) is 0 Å². The van der Waals surface area contributed by atoms with Crippen LogP contribution < -0.4 is 27.8 Å². The van der Waals surface area contributed by atoms with Crippen LogP contribution in [0.4, 0.5) is 5.69 Å². The molecule has 22 heavy (non-hydrogen) atoms. The molecule has 0 radical (unpaired) electrons. The van der Waals surface area contributed by atoms with Crippen LogP contribution in [0.15, 0.2) is 41.9 Å². The van der Waals surface area contributed by atoms with Crippen LogP contribution in [0.5, 0.6) is 0 Å². The van der Waals surface area contributed by atoms with Gasteiger partial charge in [0, 0.05) is 11.9 Å². The standard InChI is InChI=1S/C15H21N5O2/c1-2-10-9(8-21)4-3-5-11(10)20-15(18)6-7-19-13(16)12(15)14(17)22/h3-7,19-21H,2,8,16,18H2,1H3,(H2,17,22). The van der Waals surface area contributed by atoms with E-state index in [9.17, 15) is 9.90 Å². The zero-order chi connectivity index (χ0) is 16.3. The van der Waals surface area contributed by atoms with E-state index in [1.165, 1.54) is 0 Å². The van der Waals surface area contributed by atoms with E-state index in [1.807, 2.05) is 19.1 Å². The number of aliphatic hydroxyl groups is 1. The van der Waals surface area contributed by atoms with E-state index in [1.54, 1.807) is 18.3 Å². The Morgan fingerprint density at radius 1 is 1.45 bits per heavy atom. The quantitative estimate of drug-likeness (QED) is 0.408. The van der Waals surface area contributed by atoms with Gasteiger partial charge in [-0.3, -0.25) is 4.79 Å². The van der Waals surface area contributed by atoms with Crippen LogP contribution in [0.3, 0.4) is 0 Å². The molecule has 0 fully saturated rings. The molecule has 0 spiro atoms. The van der Waals surface area contributed by atoms with Gasteiger partial charge in [0.15, 0.2) is 0 Å². The van der Waals surface area contributed by atoms with Crippen LogP contribution in [0.25, 0.3) is 0 Å². The van der Waals surface area contributed by atoms with Crippen molar-refractivity contribution in [2.45, 2.75) is 25.6 Å². The normalized spacial score (nSPS) is 20.7. The Kier molecular flexibility index (Phi) is 4.39. The molecular formula is C15H21N5O2. The number of carbonyl (C=O) groups is 1. The van der Waals surface area contributed by atoms with Gasteiger partial charge in [0.1, 0.15) is 17.1 Å². The predicted molar refractivity (Wildman–Crippen MR) is 85.0 cm³/mol. The van der Waals surface area contributed by atoms with Crippen LogP contribution in [-0.4, -0.2) is 16.7 Å². The number of nitrogens with two attached hydrogens (primary N) is 3. The highest BCUT2D eigenvalue weighted by molar-refractivity contribution is 5.96. The summed E-state index contributed by atoms with van der Waals surface area (Å²) in [6.07, 6.45) is 3.83. The molecule has 1 unspecified atom stereocenters. The molecule has 1 aliphatic rings. The molecule has 0 aromatic heterocycles. The van der Waals surface area contributed by atoms with Crippen LogP contribution in [-0.2, 0) is 17.8 Å². The second-order valence-electron chi connectivity index (χ2n) is 5.08. The second kappa shape index (κ2) is 6.08. The van der Waals surface area contributed by atoms with Gasteiger partial charge >= 0.3 is 0 Å². The lowest BCUT2D eigenvalue weighted by Crippen LogP contribution is -2.55. The minimum absolute atomic E-state index is 0.0615. The Morgan fingerprint density at radius 2 is 2.18 bits per heavy atom. The average Bonchev–Trinajstić information content (AvgIpc) is 2.45. The number of aliphatic hydroxyl groups excluding tert-OH is 1. The maximum atomic E-state index is 11.7. The van der Waals surface area contributed by atoms with Gasteiger partial charge in [0.2, 0.25) is 0 Å². The van der Waals surface area contributed by atoms with Crippen molar-refractivity contribution in [3.8, 4) is 0 Å². The summed E-state index contributed by atoms with van der Waals surface area (Å²) < 4.78 is 0. The van der Waals surface area contributed by atoms with Crippen molar-refractivity contribution in [2.24, 2.45) is 17.2 Å². The lowest BCUT2D eigenvalue weighted by atomic mass is 9.95. The predicted octanol–water partition coefficient (Wildman–Crippen LogP) is -0.419. The lowest BCUT2D eigenvalue weighted by molar-refractivity contribution is -0.115. The monoisotopic (exact) mass is 303 g/mol. The fraction of sp³-hybridized carbons (Fsp3) is 0.267. The van der Waals surface area contributed by atoms with Gasteiger partial charge in [-0.05, 0) is 29.7 Å². The van der Waals surface area contributed by atoms with Gasteiger partial charge in [-0.25, -0.2) is 0 Å². The number of carbonyl (C=O) groups excluding carboxylic acids is 1. The molecule has 9 N–H and O–H groups in total. The summed E-state index contributed by atoms with van der Waals surface area (Å²) in [5, 5.41) is 15.3. The van der Waals surface area contributed by atoms with E-state index in [0.717, 1.165) is 16.8 Å². The van der Waals surface area contributed by atoms with Crippen molar-refractivity contribution >= 4 is 11.6 Å². The highest BCUT2D eigenvalue weighted by Crippen LogP contribution is 2.27. The number of rotatable bonds is 5. The fourth-order valence-corrected chi connectivity index (χ4v) is 2.62. The van der Waals surface area contributed by atoms with Gasteiger partial charge in [-0.2, -0.15) is 0 Å². The summed E-state index contributed by atoms with van der Waals surface area (Å²) in [7, 11) is 0. The summed E-state index contributed by atoms with van der Waals surface area (Å²) in [4.78, 5) is 11.7. The van der Waals surface area contributed by atoms with E-state index in [2.05, 4.69) is 10.6 Å². The van der Waals surface area contributed by atoms with E-state index in [4.69, 9.17) is 17.2 Å². The summed E-state index contributed by atoms with van der Waals surface area (Å²) >= 11 is 0.